The predicted octanol–water partition coefficient (Wildman–Crippen LogP) is 2.33. The predicted molar refractivity (Wildman–Crippen MR) is 115 cm³/mol. The normalized spacial score (nSPS) is 12.3. The number of phenolic OH excluding ortho intramolecular Hbond substituents is 1. The van der Waals surface area contributed by atoms with Gasteiger partial charge in [0.05, 0.1) is 9.82 Å². The van der Waals surface area contributed by atoms with Crippen LogP contribution >= 0.6 is 11.8 Å². The monoisotopic (exact) mass is 453 g/mol. The average Bonchev–Trinajstić information content (AvgIpc) is 2.70. The number of nitrogens with zero attached hydrogens (tertiary/aromatic N) is 1. The molecule has 9 nitrogen and oxygen atoms in total. The molecule has 0 aliphatic carbocycles. The zero-order valence-corrected chi connectivity index (χ0v) is 18.1. The van der Waals surface area contributed by atoms with Crippen molar-refractivity contribution in [3.63, 3.8) is 0 Å². The van der Waals surface area contributed by atoms with Crippen molar-refractivity contribution >= 4 is 33.4 Å². The maximum atomic E-state index is 12.7. The van der Waals surface area contributed by atoms with E-state index < -0.39 is 26.9 Å². The van der Waals surface area contributed by atoms with E-state index in [0.717, 1.165) is 17.7 Å². The number of nitro groups is 1. The van der Waals surface area contributed by atoms with E-state index in [2.05, 4.69) is 10.0 Å². The number of rotatable bonds is 10. The highest BCUT2D eigenvalue weighted by Crippen LogP contribution is 2.22. The molecule has 0 heterocycles. The molecule has 2 rings (SSSR count). The Hall–Kier alpha value is -2.63. The van der Waals surface area contributed by atoms with Crippen LogP contribution in [0.15, 0.2) is 47.4 Å². The van der Waals surface area contributed by atoms with Gasteiger partial charge in [0.15, 0.2) is 0 Å². The van der Waals surface area contributed by atoms with E-state index in [0.29, 0.717) is 5.75 Å². The molecule has 0 aromatic heterocycles. The van der Waals surface area contributed by atoms with Gasteiger partial charge in [0, 0.05) is 24.2 Å². The summed E-state index contributed by atoms with van der Waals surface area (Å²) < 4.78 is 27.7. The zero-order chi connectivity index (χ0) is 22.3. The molecule has 2 aromatic rings. The molecule has 0 fully saturated rings. The molecule has 0 bridgehead atoms. The summed E-state index contributed by atoms with van der Waals surface area (Å²) >= 11 is 1.46. The first-order chi connectivity index (χ1) is 14.1. The van der Waals surface area contributed by atoms with E-state index in [-0.39, 0.29) is 34.9 Å². The highest BCUT2D eigenvalue weighted by atomic mass is 32.2. The molecule has 30 heavy (non-hydrogen) atoms. The average molecular weight is 454 g/mol. The Morgan fingerprint density at radius 2 is 1.90 bits per heavy atom. The summed E-state index contributed by atoms with van der Waals surface area (Å²) in [7, 11) is -3.92. The minimum atomic E-state index is -3.92. The van der Waals surface area contributed by atoms with Crippen LogP contribution in [0.5, 0.6) is 5.75 Å². The molecule has 2 aromatic carbocycles. The van der Waals surface area contributed by atoms with Gasteiger partial charge in [-0.1, -0.05) is 17.7 Å². The van der Waals surface area contributed by atoms with Crippen LogP contribution in [0.3, 0.4) is 0 Å². The lowest BCUT2D eigenvalue weighted by Crippen LogP contribution is -2.46. The molecule has 11 heteroatoms. The minimum absolute atomic E-state index is 0.0476. The number of carbonyl (C=O) groups is 1. The van der Waals surface area contributed by atoms with Crippen molar-refractivity contribution in [3.8, 4) is 5.75 Å². The van der Waals surface area contributed by atoms with Gasteiger partial charge in [0.1, 0.15) is 11.8 Å². The number of amides is 1. The maximum Gasteiger partial charge on any atom is 0.270 e. The summed E-state index contributed by atoms with van der Waals surface area (Å²) in [6.07, 6.45) is 2.09. The smallest absolute Gasteiger partial charge is 0.270 e. The van der Waals surface area contributed by atoms with E-state index in [1.807, 2.05) is 13.2 Å². The lowest BCUT2D eigenvalue weighted by molar-refractivity contribution is -0.384. The lowest BCUT2D eigenvalue weighted by atomic mass is 10.1. The summed E-state index contributed by atoms with van der Waals surface area (Å²) in [5.74, 6) is -0.260. The number of benzene rings is 2. The number of nitro benzene ring substituents is 1. The Labute approximate surface area is 179 Å². The van der Waals surface area contributed by atoms with Crippen molar-refractivity contribution in [1.29, 1.82) is 0 Å². The second-order valence-corrected chi connectivity index (χ2v) is 9.26. The fourth-order valence-corrected chi connectivity index (χ4v) is 4.29. The molecule has 1 unspecified atom stereocenters. The Balaban J connectivity index is 2.14. The van der Waals surface area contributed by atoms with E-state index in [1.165, 1.54) is 30.0 Å². The molecule has 3 N–H and O–H groups in total. The number of hydrogen-bond donors (Lipinski definition) is 3. The third kappa shape index (κ3) is 6.44. The van der Waals surface area contributed by atoms with Crippen molar-refractivity contribution < 1.29 is 23.2 Å². The van der Waals surface area contributed by atoms with Crippen molar-refractivity contribution in [2.45, 2.75) is 30.8 Å². The summed E-state index contributed by atoms with van der Waals surface area (Å²) in [5.41, 5.74) is 0.834. The van der Waals surface area contributed by atoms with Crippen LogP contribution < -0.4 is 10.0 Å². The summed E-state index contributed by atoms with van der Waals surface area (Å²) in [5, 5.41) is 23.3. The minimum Gasteiger partial charge on any atom is -0.508 e. The van der Waals surface area contributed by atoms with Gasteiger partial charge in [-0.25, -0.2) is 8.42 Å². The number of aromatic hydroxyl groups is 1. The molecule has 0 saturated carbocycles. The van der Waals surface area contributed by atoms with Crippen LogP contribution in [0, 0.1) is 17.0 Å². The van der Waals surface area contributed by atoms with Crippen LogP contribution in [0.25, 0.3) is 0 Å². The van der Waals surface area contributed by atoms with Crippen LogP contribution in [-0.4, -0.2) is 42.4 Å². The van der Waals surface area contributed by atoms with Crippen LogP contribution in [-0.2, 0) is 21.4 Å². The van der Waals surface area contributed by atoms with E-state index >= 15 is 0 Å². The van der Waals surface area contributed by atoms with Gasteiger partial charge in [0.2, 0.25) is 15.9 Å². The fourth-order valence-electron chi connectivity index (χ4n) is 2.58. The molecule has 1 amide bonds. The van der Waals surface area contributed by atoms with Gasteiger partial charge in [0.25, 0.3) is 5.69 Å². The van der Waals surface area contributed by atoms with Crippen LogP contribution in [0.2, 0.25) is 0 Å². The Bertz CT molecular complexity index is 1010. The largest absolute Gasteiger partial charge is 0.508 e. The van der Waals surface area contributed by atoms with Crippen molar-refractivity contribution in [2.24, 2.45) is 0 Å². The topological polar surface area (TPSA) is 139 Å². The number of aryl methyl sites for hydroxylation is 1. The van der Waals surface area contributed by atoms with Gasteiger partial charge in [-0.05, 0) is 43.6 Å². The van der Waals surface area contributed by atoms with Gasteiger partial charge in [-0.15, -0.1) is 0 Å². The Morgan fingerprint density at radius 1 is 1.23 bits per heavy atom. The first-order valence-electron chi connectivity index (χ1n) is 8.96. The third-order valence-corrected chi connectivity index (χ3v) is 6.41. The fraction of sp³-hybridized carbons (Fsp3) is 0.316. The highest BCUT2D eigenvalue weighted by molar-refractivity contribution is 7.98. The lowest BCUT2D eigenvalue weighted by Gasteiger charge is -2.18. The second kappa shape index (κ2) is 10.4. The van der Waals surface area contributed by atoms with E-state index in [9.17, 15) is 28.4 Å². The molecular weight excluding hydrogens is 430 g/mol. The van der Waals surface area contributed by atoms with Crippen molar-refractivity contribution in [3.05, 3.63) is 63.7 Å². The molecule has 162 valence electrons. The van der Waals surface area contributed by atoms with E-state index in [1.54, 1.807) is 12.1 Å². The summed E-state index contributed by atoms with van der Waals surface area (Å²) in [4.78, 5) is 23.0. The molecule has 0 spiro atoms. The Kier molecular flexibility index (Phi) is 8.21. The number of nitrogens with one attached hydrogen (secondary N) is 2. The number of hydrogen-bond acceptors (Lipinski definition) is 7. The van der Waals surface area contributed by atoms with Crippen LogP contribution in [0.4, 0.5) is 5.69 Å². The SMILES string of the molecule is CSCCC(NS(=O)(=O)c1ccc(C)cc1)C(=O)NCc1cc([N+](=O)[O-])ccc1O. The third-order valence-electron chi connectivity index (χ3n) is 4.28. The molecule has 1 atom stereocenters. The Morgan fingerprint density at radius 3 is 2.50 bits per heavy atom. The van der Waals surface area contributed by atoms with Crippen molar-refractivity contribution in [1.82, 2.24) is 10.0 Å². The number of thioether (sulfide) groups is 1. The van der Waals surface area contributed by atoms with Gasteiger partial charge < -0.3 is 10.4 Å². The zero-order valence-electron chi connectivity index (χ0n) is 16.5. The molecule has 0 aliphatic heterocycles. The maximum absolute atomic E-state index is 12.7. The van der Waals surface area contributed by atoms with Gasteiger partial charge in [-0.3, -0.25) is 14.9 Å². The van der Waals surface area contributed by atoms with Crippen LogP contribution in [0.1, 0.15) is 17.5 Å². The van der Waals surface area contributed by atoms with Gasteiger partial charge >= 0.3 is 0 Å². The molecular formula is C19H23N3O6S2. The number of non-ortho nitro benzene ring substituents is 1. The highest BCUT2D eigenvalue weighted by Gasteiger charge is 2.25. The number of sulfonamides is 1. The standard InChI is InChI=1S/C19H23N3O6S2/c1-13-3-6-16(7-4-13)30(27,28)21-17(9-10-29-2)19(24)20-12-14-11-15(22(25)26)5-8-18(14)23/h3-8,11,17,21,23H,9-10,12H2,1-2H3,(H,20,24). The molecule has 0 saturated heterocycles. The second-order valence-electron chi connectivity index (χ2n) is 6.56. The summed E-state index contributed by atoms with van der Waals surface area (Å²) in [6.45, 7) is 1.65. The first-order valence-corrected chi connectivity index (χ1v) is 11.8. The molecule has 0 aliphatic rings. The quantitative estimate of drug-likeness (QED) is 0.371. The first kappa shape index (κ1) is 23.6. The van der Waals surface area contributed by atoms with E-state index in [4.69, 9.17) is 0 Å². The number of phenols is 1. The summed E-state index contributed by atoms with van der Waals surface area (Å²) in [6, 6.07) is 8.69. The van der Waals surface area contributed by atoms with Gasteiger partial charge in [-0.2, -0.15) is 16.5 Å². The van der Waals surface area contributed by atoms with Crippen molar-refractivity contribution in [2.75, 3.05) is 12.0 Å². The number of carbonyl (C=O) groups excluding carboxylic acids is 1. The molecule has 0 radical (unpaired) electrons.